The minimum absolute atomic E-state index is 0.0698. The van der Waals surface area contributed by atoms with Gasteiger partial charge in [0.05, 0.1) is 0 Å². The van der Waals surface area contributed by atoms with E-state index in [0.29, 0.717) is 5.56 Å². The standard InChI is InChI=1S/C15H14N2O/c1-16-15(18)14-6-4-12(5-7-14)2-3-13-8-10-17-11-9-13/h2-11H,1H3,(H,16,18)/b3-2+. The molecular formula is C15H14N2O. The Balaban J connectivity index is 2.11. The van der Waals surface area contributed by atoms with Gasteiger partial charge in [-0.25, -0.2) is 0 Å². The number of hydrogen-bond donors (Lipinski definition) is 1. The average Bonchev–Trinajstić information content (AvgIpc) is 2.46. The molecule has 0 saturated heterocycles. The van der Waals surface area contributed by atoms with Crippen LogP contribution in [-0.2, 0) is 0 Å². The van der Waals surface area contributed by atoms with Crippen LogP contribution < -0.4 is 5.32 Å². The van der Waals surface area contributed by atoms with Crippen molar-refractivity contribution in [3.05, 3.63) is 65.5 Å². The number of benzene rings is 1. The quantitative estimate of drug-likeness (QED) is 0.893. The molecule has 0 radical (unpaired) electrons. The zero-order valence-corrected chi connectivity index (χ0v) is 10.1. The van der Waals surface area contributed by atoms with E-state index in [0.717, 1.165) is 11.1 Å². The number of carbonyl (C=O) groups excluding carboxylic acids is 1. The molecule has 0 bridgehead atoms. The molecule has 1 aromatic carbocycles. The predicted octanol–water partition coefficient (Wildman–Crippen LogP) is 2.61. The number of pyridine rings is 1. The first-order valence-corrected chi connectivity index (χ1v) is 5.70. The fraction of sp³-hybridized carbons (Fsp3) is 0.0667. The largest absolute Gasteiger partial charge is 0.355 e. The Hall–Kier alpha value is -2.42. The lowest BCUT2D eigenvalue weighted by Gasteiger charge is -1.99. The third-order valence-corrected chi connectivity index (χ3v) is 2.57. The van der Waals surface area contributed by atoms with Gasteiger partial charge < -0.3 is 5.32 Å². The van der Waals surface area contributed by atoms with Crippen molar-refractivity contribution in [2.24, 2.45) is 0 Å². The summed E-state index contributed by atoms with van der Waals surface area (Å²) in [5, 5.41) is 2.59. The molecule has 1 aromatic heterocycles. The molecule has 3 heteroatoms. The minimum Gasteiger partial charge on any atom is -0.355 e. The third-order valence-electron chi connectivity index (χ3n) is 2.57. The third kappa shape index (κ3) is 3.04. The summed E-state index contributed by atoms with van der Waals surface area (Å²) < 4.78 is 0. The maximum absolute atomic E-state index is 11.4. The van der Waals surface area contributed by atoms with Crippen LogP contribution >= 0.6 is 0 Å². The first-order valence-electron chi connectivity index (χ1n) is 5.70. The van der Waals surface area contributed by atoms with Crippen LogP contribution in [0.15, 0.2) is 48.8 Å². The van der Waals surface area contributed by atoms with E-state index in [9.17, 15) is 4.79 Å². The fourth-order valence-electron chi connectivity index (χ4n) is 1.56. The Labute approximate surface area is 106 Å². The molecule has 0 aliphatic carbocycles. The van der Waals surface area contributed by atoms with Crippen molar-refractivity contribution in [2.45, 2.75) is 0 Å². The van der Waals surface area contributed by atoms with Gasteiger partial charge in [0.15, 0.2) is 0 Å². The van der Waals surface area contributed by atoms with Crippen molar-refractivity contribution in [3.63, 3.8) is 0 Å². The smallest absolute Gasteiger partial charge is 0.251 e. The van der Waals surface area contributed by atoms with Crippen LogP contribution in [0, 0.1) is 0 Å². The molecule has 0 aliphatic rings. The summed E-state index contributed by atoms with van der Waals surface area (Å²) in [7, 11) is 1.62. The number of carbonyl (C=O) groups is 1. The van der Waals surface area contributed by atoms with Crippen LogP contribution in [0.25, 0.3) is 12.2 Å². The summed E-state index contributed by atoms with van der Waals surface area (Å²) in [5.41, 5.74) is 2.82. The summed E-state index contributed by atoms with van der Waals surface area (Å²) >= 11 is 0. The van der Waals surface area contributed by atoms with Gasteiger partial charge in [0.25, 0.3) is 5.91 Å². The van der Waals surface area contributed by atoms with Gasteiger partial charge in [-0.15, -0.1) is 0 Å². The van der Waals surface area contributed by atoms with Crippen LogP contribution in [-0.4, -0.2) is 17.9 Å². The van der Waals surface area contributed by atoms with E-state index in [1.165, 1.54) is 0 Å². The van der Waals surface area contributed by atoms with Crippen molar-refractivity contribution in [3.8, 4) is 0 Å². The molecule has 1 heterocycles. The summed E-state index contributed by atoms with van der Waals surface area (Å²) in [6.45, 7) is 0. The highest BCUT2D eigenvalue weighted by Crippen LogP contribution is 2.09. The average molecular weight is 238 g/mol. The number of hydrogen-bond acceptors (Lipinski definition) is 2. The van der Waals surface area contributed by atoms with Gasteiger partial charge in [0.2, 0.25) is 0 Å². The highest BCUT2D eigenvalue weighted by Gasteiger charge is 2.00. The first-order chi connectivity index (χ1) is 8.79. The molecule has 0 fully saturated rings. The van der Waals surface area contributed by atoms with Crippen LogP contribution in [0.4, 0.5) is 0 Å². The molecule has 2 aromatic rings. The molecule has 3 nitrogen and oxygen atoms in total. The van der Waals surface area contributed by atoms with E-state index < -0.39 is 0 Å². The molecule has 0 unspecified atom stereocenters. The molecule has 1 amide bonds. The topological polar surface area (TPSA) is 42.0 Å². The number of aromatic nitrogens is 1. The van der Waals surface area contributed by atoms with E-state index in [-0.39, 0.29) is 5.91 Å². The number of nitrogens with zero attached hydrogens (tertiary/aromatic N) is 1. The van der Waals surface area contributed by atoms with E-state index >= 15 is 0 Å². The number of amides is 1. The molecule has 0 spiro atoms. The summed E-state index contributed by atoms with van der Waals surface area (Å²) in [6.07, 6.45) is 7.53. The molecular weight excluding hydrogens is 224 g/mol. The fourth-order valence-corrected chi connectivity index (χ4v) is 1.56. The maximum Gasteiger partial charge on any atom is 0.251 e. The van der Waals surface area contributed by atoms with E-state index in [4.69, 9.17) is 0 Å². The Morgan fingerprint density at radius 1 is 1.00 bits per heavy atom. The van der Waals surface area contributed by atoms with E-state index in [2.05, 4.69) is 10.3 Å². The maximum atomic E-state index is 11.4. The summed E-state index contributed by atoms with van der Waals surface area (Å²) in [5.74, 6) is -0.0698. The molecule has 2 rings (SSSR count). The van der Waals surface area contributed by atoms with Gasteiger partial charge >= 0.3 is 0 Å². The number of rotatable bonds is 3. The second kappa shape index (κ2) is 5.77. The van der Waals surface area contributed by atoms with Crippen LogP contribution in [0.2, 0.25) is 0 Å². The van der Waals surface area contributed by atoms with Gasteiger partial charge in [-0.3, -0.25) is 9.78 Å². The predicted molar refractivity (Wildman–Crippen MR) is 73.0 cm³/mol. The molecule has 0 atom stereocenters. The molecule has 90 valence electrons. The Morgan fingerprint density at radius 2 is 1.56 bits per heavy atom. The summed E-state index contributed by atoms with van der Waals surface area (Å²) in [4.78, 5) is 15.3. The molecule has 18 heavy (non-hydrogen) atoms. The Morgan fingerprint density at radius 3 is 2.11 bits per heavy atom. The van der Waals surface area contributed by atoms with Crippen molar-refractivity contribution < 1.29 is 4.79 Å². The van der Waals surface area contributed by atoms with Crippen molar-refractivity contribution in [1.82, 2.24) is 10.3 Å². The lowest BCUT2D eigenvalue weighted by molar-refractivity contribution is 0.0963. The Bertz CT molecular complexity index is 544. The molecule has 0 aliphatic heterocycles. The van der Waals surface area contributed by atoms with Crippen molar-refractivity contribution in [2.75, 3.05) is 7.05 Å². The van der Waals surface area contributed by atoms with Crippen molar-refractivity contribution >= 4 is 18.1 Å². The monoisotopic (exact) mass is 238 g/mol. The van der Waals surface area contributed by atoms with E-state index in [1.807, 2.05) is 48.6 Å². The lowest BCUT2D eigenvalue weighted by atomic mass is 10.1. The van der Waals surface area contributed by atoms with Crippen LogP contribution in [0.3, 0.4) is 0 Å². The zero-order valence-electron chi connectivity index (χ0n) is 10.1. The lowest BCUT2D eigenvalue weighted by Crippen LogP contribution is -2.17. The van der Waals surface area contributed by atoms with Crippen molar-refractivity contribution in [1.29, 1.82) is 0 Å². The zero-order chi connectivity index (χ0) is 12.8. The van der Waals surface area contributed by atoms with Gasteiger partial charge in [-0.2, -0.15) is 0 Å². The van der Waals surface area contributed by atoms with Gasteiger partial charge in [-0.1, -0.05) is 24.3 Å². The van der Waals surface area contributed by atoms with Crippen LogP contribution in [0.1, 0.15) is 21.5 Å². The van der Waals surface area contributed by atoms with Gasteiger partial charge in [0, 0.05) is 25.0 Å². The van der Waals surface area contributed by atoms with E-state index in [1.54, 1.807) is 19.4 Å². The summed E-state index contributed by atoms with van der Waals surface area (Å²) in [6, 6.07) is 11.3. The first kappa shape index (κ1) is 12.0. The molecule has 0 saturated carbocycles. The second-order valence-corrected chi connectivity index (χ2v) is 3.82. The highest BCUT2D eigenvalue weighted by atomic mass is 16.1. The number of nitrogens with one attached hydrogen (secondary N) is 1. The molecule has 1 N–H and O–H groups in total. The van der Waals surface area contributed by atoms with Crippen LogP contribution in [0.5, 0.6) is 0 Å². The second-order valence-electron chi connectivity index (χ2n) is 3.82. The normalized spacial score (nSPS) is 10.5. The SMILES string of the molecule is CNC(=O)c1ccc(/C=C/c2ccncc2)cc1. The minimum atomic E-state index is -0.0698. The van der Waals surface area contributed by atoms with Gasteiger partial charge in [0.1, 0.15) is 0 Å². The van der Waals surface area contributed by atoms with Gasteiger partial charge in [-0.05, 0) is 35.4 Å². The Kier molecular flexibility index (Phi) is 3.86. The highest BCUT2D eigenvalue weighted by molar-refractivity contribution is 5.94.